The molecule has 0 atom stereocenters. The highest BCUT2D eigenvalue weighted by Gasteiger charge is 2.30. The Morgan fingerprint density at radius 2 is 1.40 bits per heavy atom. The molecular weight excluding hydrogens is 436 g/mol. The first-order valence-corrected chi connectivity index (χ1v) is 11.5. The number of amides is 1. The van der Waals surface area contributed by atoms with E-state index >= 15 is 0 Å². The molecule has 0 heterocycles. The Kier molecular flexibility index (Phi) is 6.25. The zero-order valence-corrected chi connectivity index (χ0v) is 19.2. The van der Waals surface area contributed by atoms with Crippen LogP contribution in [0.5, 0.6) is 0 Å². The van der Waals surface area contributed by atoms with Crippen LogP contribution in [0.3, 0.4) is 0 Å². The number of nitrogens with two attached hydrogens (primary N) is 1. The Labute approximate surface area is 204 Å². The highest BCUT2D eigenvalue weighted by Crippen LogP contribution is 2.44. The Morgan fingerprint density at radius 3 is 1.97 bits per heavy atom. The van der Waals surface area contributed by atoms with Gasteiger partial charge in [0.25, 0.3) is 0 Å². The van der Waals surface area contributed by atoms with E-state index in [-0.39, 0.29) is 12.5 Å². The van der Waals surface area contributed by atoms with Crippen LogP contribution in [0.4, 0.5) is 16.2 Å². The van der Waals surface area contributed by atoms with Crippen LogP contribution in [0.1, 0.15) is 28.2 Å². The summed E-state index contributed by atoms with van der Waals surface area (Å²) in [7, 11) is 0. The van der Waals surface area contributed by atoms with E-state index < -0.39 is 6.09 Å². The fraction of sp³-hybridized carbons (Fsp3) is 0.138. The summed E-state index contributed by atoms with van der Waals surface area (Å²) in [6, 6.07) is 31.2. The van der Waals surface area contributed by atoms with Crippen molar-refractivity contribution in [1.29, 1.82) is 5.39 Å². The normalized spacial score (nSPS) is 11.9. The van der Waals surface area contributed by atoms with Gasteiger partial charge < -0.3 is 10.5 Å². The first-order valence-electron chi connectivity index (χ1n) is 11.5. The SMILES string of the molecule is N#[N+]c1ccc(CN(C(=O)OCC2c3ccccc3-c3ccccc32)c2ccc(CN)cc2)cc1. The highest BCUT2D eigenvalue weighted by molar-refractivity contribution is 5.88. The molecule has 0 spiro atoms. The highest BCUT2D eigenvalue weighted by atomic mass is 16.6. The number of nitrogens with zero attached hydrogens (tertiary/aromatic N) is 3. The largest absolute Gasteiger partial charge is 0.448 e. The van der Waals surface area contributed by atoms with Crippen LogP contribution in [0.15, 0.2) is 97.1 Å². The number of anilines is 1. The van der Waals surface area contributed by atoms with Crippen LogP contribution >= 0.6 is 0 Å². The zero-order valence-electron chi connectivity index (χ0n) is 19.2. The predicted octanol–water partition coefficient (Wildman–Crippen LogP) is 6.59. The Morgan fingerprint density at radius 1 is 0.829 bits per heavy atom. The number of ether oxygens (including phenoxy) is 1. The molecule has 172 valence electrons. The number of carbonyl (C=O) groups is 1. The zero-order chi connectivity index (χ0) is 24.2. The number of fused-ring (bicyclic) bond motifs is 3. The average molecular weight is 462 g/mol. The van der Waals surface area contributed by atoms with Gasteiger partial charge in [-0.25, -0.2) is 4.79 Å². The molecule has 35 heavy (non-hydrogen) atoms. The molecule has 6 heteroatoms. The molecule has 1 aliphatic rings. The standard InChI is InChI=1S/C29H25N4O2/c30-17-20-11-15-23(16-12-20)33(18-21-9-13-22(32-31)14-10-21)29(34)35-19-28-26-7-3-1-5-24(26)25-6-2-4-8-27(25)28/h1-16,28H,17-19,30H2/q+1. The maximum atomic E-state index is 13.4. The molecule has 1 amide bonds. The maximum absolute atomic E-state index is 13.4. The van der Waals surface area contributed by atoms with Gasteiger partial charge in [0, 0.05) is 30.3 Å². The maximum Gasteiger partial charge on any atom is 0.414 e. The third kappa shape index (κ3) is 4.50. The molecule has 0 aromatic heterocycles. The molecule has 6 nitrogen and oxygen atoms in total. The molecule has 4 aromatic rings. The van der Waals surface area contributed by atoms with Gasteiger partial charge in [0.15, 0.2) is 4.98 Å². The van der Waals surface area contributed by atoms with Gasteiger partial charge in [0.2, 0.25) is 5.39 Å². The van der Waals surface area contributed by atoms with E-state index in [0.717, 1.165) is 16.8 Å². The van der Waals surface area contributed by atoms with Crippen molar-refractivity contribution in [2.75, 3.05) is 11.5 Å². The minimum atomic E-state index is -0.428. The van der Waals surface area contributed by atoms with Crippen molar-refractivity contribution < 1.29 is 9.53 Å². The van der Waals surface area contributed by atoms with Gasteiger partial charge in [-0.05, 0) is 57.6 Å². The van der Waals surface area contributed by atoms with E-state index in [1.165, 1.54) is 22.3 Å². The van der Waals surface area contributed by atoms with Crippen LogP contribution < -0.4 is 10.6 Å². The van der Waals surface area contributed by atoms with E-state index in [1.807, 2.05) is 60.7 Å². The van der Waals surface area contributed by atoms with Crippen molar-refractivity contribution in [1.82, 2.24) is 0 Å². The van der Waals surface area contributed by atoms with Gasteiger partial charge in [-0.15, -0.1) is 0 Å². The Balaban J connectivity index is 1.40. The Bertz CT molecular complexity index is 1350. The quantitative estimate of drug-likeness (QED) is 0.329. The van der Waals surface area contributed by atoms with E-state index in [4.69, 9.17) is 15.9 Å². The van der Waals surface area contributed by atoms with Crippen molar-refractivity contribution >= 4 is 17.5 Å². The van der Waals surface area contributed by atoms with Crippen LogP contribution in [-0.4, -0.2) is 12.7 Å². The first-order chi connectivity index (χ1) is 17.2. The van der Waals surface area contributed by atoms with E-state index in [1.54, 1.807) is 17.0 Å². The second-order valence-electron chi connectivity index (χ2n) is 8.53. The van der Waals surface area contributed by atoms with Crippen molar-refractivity contribution in [2.24, 2.45) is 5.73 Å². The van der Waals surface area contributed by atoms with Crippen molar-refractivity contribution in [2.45, 2.75) is 19.0 Å². The molecule has 0 fully saturated rings. The monoisotopic (exact) mass is 461 g/mol. The van der Waals surface area contributed by atoms with Gasteiger partial charge in [-0.1, -0.05) is 60.7 Å². The molecule has 5 rings (SSSR count). The molecule has 2 N–H and O–H groups in total. The van der Waals surface area contributed by atoms with Crippen molar-refractivity contribution in [3.05, 3.63) is 124 Å². The lowest BCUT2D eigenvalue weighted by Crippen LogP contribution is -2.32. The van der Waals surface area contributed by atoms with Crippen LogP contribution in [0, 0.1) is 5.39 Å². The van der Waals surface area contributed by atoms with Gasteiger partial charge >= 0.3 is 11.8 Å². The summed E-state index contributed by atoms with van der Waals surface area (Å²) in [5.41, 5.74) is 13.5. The van der Waals surface area contributed by atoms with Crippen LogP contribution in [-0.2, 0) is 17.8 Å². The summed E-state index contributed by atoms with van der Waals surface area (Å²) in [6.45, 7) is 0.980. The molecule has 0 radical (unpaired) electrons. The summed E-state index contributed by atoms with van der Waals surface area (Å²) in [4.78, 5) is 18.2. The number of rotatable bonds is 6. The summed E-state index contributed by atoms with van der Waals surface area (Å²) in [5, 5.41) is 8.97. The number of carbonyl (C=O) groups excluding carboxylic acids is 1. The Hall–Kier alpha value is -4.47. The fourth-order valence-corrected chi connectivity index (χ4v) is 4.60. The molecule has 4 aromatic carbocycles. The summed E-state index contributed by atoms with van der Waals surface area (Å²) < 4.78 is 5.93. The van der Waals surface area contributed by atoms with Gasteiger partial charge in [0.05, 0.1) is 6.54 Å². The predicted molar refractivity (Wildman–Crippen MR) is 137 cm³/mol. The minimum Gasteiger partial charge on any atom is -0.448 e. The van der Waals surface area contributed by atoms with Crippen LogP contribution in [0.25, 0.3) is 16.1 Å². The molecule has 1 aliphatic carbocycles. The van der Waals surface area contributed by atoms with E-state index in [9.17, 15) is 4.79 Å². The van der Waals surface area contributed by atoms with Crippen molar-refractivity contribution in [3.63, 3.8) is 0 Å². The minimum absolute atomic E-state index is 0.0155. The summed E-state index contributed by atoms with van der Waals surface area (Å²) >= 11 is 0. The van der Waals surface area contributed by atoms with E-state index in [2.05, 4.69) is 29.2 Å². The smallest absolute Gasteiger partial charge is 0.414 e. The second kappa shape index (κ2) is 9.80. The first kappa shape index (κ1) is 22.3. The number of benzene rings is 4. The lowest BCUT2D eigenvalue weighted by molar-refractivity contribution is 0.150. The number of diazo groups is 1. The number of hydrogen-bond donors (Lipinski definition) is 1. The lowest BCUT2D eigenvalue weighted by Gasteiger charge is -2.24. The third-order valence-electron chi connectivity index (χ3n) is 6.43. The summed E-state index contributed by atoms with van der Waals surface area (Å²) in [6.07, 6.45) is -0.428. The molecule has 0 bridgehead atoms. The van der Waals surface area contributed by atoms with Gasteiger partial charge in [-0.3, -0.25) is 4.90 Å². The van der Waals surface area contributed by atoms with Crippen molar-refractivity contribution in [3.8, 4) is 11.1 Å². The molecule has 0 aliphatic heterocycles. The van der Waals surface area contributed by atoms with Crippen LogP contribution in [0.2, 0.25) is 0 Å². The van der Waals surface area contributed by atoms with Gasteiger partial charge in [0.1, 0.15) is 6.61 Å². The van der Waals surface area contributed by atoms with Gasteiger partial charge in [-0.2, -0.15) is 0 Å². The molecule has 0 saturated heterocycles. The average Bonchev–Trinajstić information content (AvgIpc) is 3.24. The second-order valence-corrected chi connectivity index (χ2v) is 8.53. The summed E-state index contributed by atoms with van der Waals surface area (Å²) in [5.74, 6) is -0.0155. The fourth-order valence-electron chi connectivity index (χ4n) is 4.60. The molecule has 0 unspecified atom stereocenters. The third-order valence-corrected chi connectivity index (χ3v) is 6.43. The lowest BCUT2D eigenvalue weighted by atomic mass is 9.98. The van der Waals surface area contributed by atoms with E-state index in [0.29, 0.717) is 18.8 Å². The molecular formula is C29H25N4O2+. The topological polar surface area (TPSA) is 83.7 Å². The number of hydrogen-bond acceptors (Lipinski definition) is 4. The molecule has 0 saturated carbocycles.